The highest BCUT2D eigenvalue weighted by atomic mass is 19.1. The molecule has 1 rings (SSSR count). The van der Waals surface area contributed by atoms with Crippen molar-refractivity contribution >= 4 is 5.84 Å². The number of aryl methyl sites for hydroxylation is 1. The van der Waals surface area contributed by atoms with E-state index >= 15 is 0 Å². The van der Waals surface area contributed by atoms with Crippen LogP contribution in [0.3, 0.4) is 0 Å². The summed E-state index contributed by atoms with van der Waals surface area (Å²) in [7, 11) is 0. The predicted octanol–water partition coefficient (Wildman–Crippen LogP) is 1.83. The zero-order chi connectivity index (χ0) is 9.84. The lowest BCUT2D eigenvalue weighted by atomic mass is 10.1. The van der Waals surface area contributed by atoms with Crippen molar-refractivity contribution in [1.82, 2.24) is 0 Å². The fraction of sp³-hybridized carbons (Fsp3) is 0.222. The van der Waals surface area contributed by atoms with E-state index in [0.717, 1.165) is 18.2 Å². The van der Waals surface area contributed by atoms with Crippen LogP contribution >= 0.6 is 0 Å². The van der Waals surface area contributed by atoms with Crippen molar-refractivity contribution in [3.63, 3.8) is 0 Å². The Morgan fingerprint density at radius 1 is 1.38 bits per heavy atom. The van der Waals surface area contributed by atoms with Crippen LogP contribution in [0.15, 0.2) is 18.2 Å². The summed E-state index contributed by atoms with van der Waals surface area (Å²) in [5, 5.41) is 6.93. The lowest BCUT2D eigenvalue weighted by molar-refractivity contribution is 0.585. The first-order valence-corrected chi connectivity index (χ1v) is 3.86. The third-order valence-electron chi connectivity index (χ3n) is 1.67. The Hall–Kier alpha value is -1.45. The molecular formula is C9H10F2N2. The van der Waals surface area contributed by atoms with Crippen LogP contribution < -0.4 is 5.73 Å². The van der Waals surface area contributed by atoms with Gasteiger partial charge in [0.2, 0.25) is 0 Å². The van der Waals surface area contributed by atoms with Crippen molar-refractivity contribution in [2.45, 2.75) is 12.8 Å². The minimum Gasteiger partial charge on any atom is -0.388 e. The first-order chi connectivity index (χ1) is 6.09. The van der Waals surface area contributed by atoms with E-state index in [-0.39, 0.29) is 24.2 Å². The van der Waals surface area contributed by atoms with Gasteiger partial charge in [-0.2, -0.15) is 0 Å². The van der Waals surface area contributed by atoms with Crippen molar-refractivity contribution in [1.29, 1.82) is 5.41 Å². The number of benzene rings is 1. The molecule has 1 aromatic rings. The van der Waals surface area contributed by atoms with Gasteiger partial charge in [-0.1, -0.05) is 0 Å². The molecule has 0 saturated carbocycles. The Kier molecular flexibility index (Phi) is 2.95. The molecule has 0 amide bonds. The molecular weight excluding hydrogens is 174 g/mol. The summed E-state index contributed by atoms with van der Waals surface area (Å²) in [5.74, 6) is -0.953. The van der Waals surface area contributed by atoms with Gasteiger partial charge in [0.15, 0.2) is 0 Å². The zero-order valence-corrected chi connectivity index (χ0v) is 6.98. The summed E-state index contributed by atoms with van der Waals surface area (Å²) < 4.78 is 25.6. The average molecular weight is 184 g/mol. The minimum atomic E-state index is -0.472. The third-order valence-corrected chi connectivity index (χ3v) is 1.67. The van der Waals surface area contributed by atoms with Crippen molar-refractivity contribution in [2.24, 2.45) is 5.73 Å². The Labute approximate surface area is 74.9 Å². The molecule has 0 aliphatic carbocycles. The number of amidine groups is 1. The summed E-state index contributed by atoms with van der Waals surface area (Å²) in [4.78, 5) is 0. The largest absolute Gasteiger partial charge is 0.388 e. The molecule has 0 saturated heterocycles. The van der Waals surface area contributed by atoms with Crippen LogP contribution in [0.2, 0.25) is 0 Å². The highest BCUT2D eigenvalue weighted by Crippen LogP contribution is 2.11. The Balaban J connectivity index is 2.75. The minimum absolute atomic E-state index is 0.0244. The smallest absolute Gasteiger partial charge is 0.126 e. The van der Waals surface area contributed by atoms with E-state index in [2.05, 4.69) is 0 Å². The maximum absolute atomic E-state index is 12.9. The van der Waals surface area contributed by atoms with Crippen molar-refractivity contribution in [2.75, 3.05) is 0 Å². The van der Waals surface area contributed by atoms with Gasteiger partial charge in [0.25, 0.3) is 0 Å². The van der Waals surface area contributed by atoms with Gasteiger partial charge < -0.3 is 5.73 Å². The van der Waals surface area contributed by atoms with Gasteiger partial charge in [-0.15, -0.1) is 0 Å². The van der Waals surface area contributed by atoms with Gasteiger partial charge in [0, 0.05) is 6.42 Å². The molecule has 70 valence electrons. The lowest BCUT2D eigenvalue weighted by Crippen LogP contribution is -2.10. The van der Waals surface area contributed by atoms with Gasteiger partial charge in [0.05, 0.1) is 5.84 Å². The second kappa shape index (κ2) is 3.98. The van der Waals surface area contributed by atoms with Gasteiger partial charge in [-0.05, 0) is 30.2 Å². The van der Waals surface area contributed by atoms with E-state index in [1.807, 2.05) is 0 Å². The van der Waals surface area contributed by atoms with E-state index in [0.29, 0.717) is 0 Å². The topological polar surface area (TPSA) is 49.9 Å². The first-order valence-electron chi connectivity index (χ1n) is 3.86. The van der Waals surface area contributed by atoms with Gasteiger partial charge in [0.1, 0.15) is 11.6 Å². The van der Waals surface area contributed by atoms with E-state index in [1.54, 1.807) is 0 Å². The highest BCUT2D eigenvalue weighted by Gasteiger charge is 2.03. The Bertz CT molecular complexity index is 323. The molecule has 13 heavy (non-hydrogen) atoms. The third kappa shape index (κ3) is 2.82. The number of nitrogens with two attached hydrogens (primary N) is 1. The number of hydrogen-bond acceptors (Lipinski definition) is 1. The fourth-order valence-corrected chi connectivity index (χ4v) is 1.00. The quantitative estimate of drug-likeness (QED) is 0.546. The van der Waals surface area contributed by atoms with Crippen molar-refractivity contribution in [3.05, 3.63) is 35.4 Å². The van der Waals surface area contributed by atoms with Crippen LogP contribution in [0.25, 0.3) is 0 Å². The maximum Gasteiger partial charge on any atom is 0.126 e. The monoisotopic (exact) mass is 184 g/mol. The molecule has 1 aromatic carbocycles. The summed E-state index contributed by atoms with van der Waals surface area (Å²) in [6.45, 7) is 0. The molecule has 0 bridgehead atoms. The van der Waals surface area contributed by atoms with E-state index in [1.165, 1.54) is 0 Å². The maximum atomic E-state index is 12.9. The molecule has 4 heteroatoms. The van der Waals surface area contributed by atoms with E-state index in [9.17, 15) is 8.78 Å². The molecule has 0 radical (unpaired) electrons. The normalized spacial score (nSPS) is 10.0. The standard InChI is InChI=1S/C9H10F2N2/c10-7-2-3-8(11)6(5-7)1-4-9(12)13/h2-3,5H,1,4H2,(H3,12,13). The van der Waals surface area contributed by atoms with E-state index < -0.39 is 11.6 Å². The van der Waals surface area contributed by atoms with Crippen LogP contribution in [0.5, 0.6) is 0 Å². The van der Waals surface area contributed by atoms with Crippen molar-refractivity contribution in [3.8, 4) is 0 Å². The second-order valence-electron chi connectivity index (χ2n) is 2.76. The number of halogens is 2. The number of hydrogen-bond donors (Lipinski definition) is 2. The van der Waals surface area contributed by atoms with Crippen LogP contribution in [0, 0.1) is 17.0 Å². The van der Waals surface area contributed by atoms with Gasteiger partial charge in [-0.3, -0.25) is 5.41 Å². The summed E-state index contributed by atoms with van der Waals surface area (Å²) in [6, 6.07) is 3.26. The summed E-state index contributed by atoms with van der Waals surface area (Å²) >= 11 is 0. The zero-order valence-electron chi connectivity index (χ0n) is 6.98. The molecule has 0 unspecified atom stereocenters. The Morgan fingerprint density at radius 3 is 2.69 bits per heavy atom. The molecule has 0 aliphatic rings. The molecule has 0 heterocycles. The molecule has 0 atom stereocenters. The molecule has 3 N–H and O–H groups in total. The van der Waals surface area contributed by atoms with Crippen LogP contribution in [0.4, 0.5) is 8.78 Å². The lowest BCUT2D eigenvalue weighted by Gasteiger charge is -2.01. The predicted molar refractivity (Wildman–Crippen MR) is 46.6 cm³/mol. The van der Waals surface area contributed by atoms with Crippen molar-refractivity contribution < 1.29 is 8.78 Å². The molecule has 0 aromatic heterocycles. The SMILES string of the molecule is N=C(N)CCc1cc(F)ccc1F. The molecule has 0 aliphatic heterocycles. The Morgan fingerprint density at radius 2 is 2.08 bits per heavy atom. The van der Waals surface area contributed by atoms with E-state index in [4.69, 9.17) is 11.1 Å². The van der Waals surface area contributed by atoms with Crippen LogP contribution in [0.1, 0.15) is 12.0 Å². The first kappa shape index (κ1) is 9.64. The fourth-order valence-electron chi connectivity index (χ4n) is 1.00. The molecule has 0 spiro atoms. The number of nitrogens with one attached hydrogen (secondary N) is 1. The van der Waals surface area contributed by atoms with Gasteiger partial charge in [-0.25, -0.2) is 8.78 Å². The molecule has 0 fully saturated rings. The van der Waals surface area contributed by atoms with Crippen LogP contribution in [-0.4, -0.2) is 5.84 Å². The summed E-state index contributed by atoms with van der Waals surface area (Å²) in [6.07, 6.45) is 0.513. The second-order valence-corrected chi connectivity index (χ2v) is 2.76. The number of rotatable bonds is 3. The van der Waals surface area contributed by atoms with Crippen LogP contribution in [-0.2, 0) is 6.42 Å². The van der Waals surface area contributed by atoms with Gasteiger partial charge >= 0.3 is 0 Å². The highest BCUT2D eigenvalue weighted by molar-refractivity contribution is 5.77. The molecule has 2 nitrogen and oxygen atoms in total. The average Bonchev–Trinajstić information content (AvgIpc) is 2.06. The summed E-state index contributed by atoms with van der Waals surface area (Å²) in [5.41, 5.74) is 5.35.